The lowest BCUT2D eigenvalue weighted by molar-refractivity contribution is -0.140. The second-order valence-electron chi connectivity index (χ2n) is 9.52. The number of carbonyl (C=O) groups is 2. The molecule has 0 aromatic heterocycles. The molecule has 1 N–H and O–H groups in total. The summed E-state index contributed by atoms with van der Waals surface area (Å²) in [4.78, 5) is 28.8. The smallest absolute Gasteiger partial charge is 0.264 e. The van der Waals surface area contributed by atoms with Crippen LogP contribution in [0.5, 0.6) is 0 Å². The van der Waals surface area contributed by atoms with E-state index in [-0.39, 0.29) is 17.3 Å². The predicted octanol–water partition coefficient (Wildman–Crippen LogP) is 5.31. The molecule has 1 atom stereocenters. The Morgan fingerprint density at radius 3 is 2.17 bits per heavy atom. The van der Waals surface area contributed by atoms with Gasteiger partial charge in [-0.3, -0.25) is 13.9 Å². The zero-order valence-corrected chi connectivity index (χ0v) is 24.2. The molecule has 7 nitrogen and oxygen atoms in total. The molecule has 0 bridgehead atoms. The fourth-order valence-corrected chi connectivity index (χ4v) is 5.97. The summed E-state index contributed by atoms with van der Waals surface area (Å²) in [6.45, 7) is 5.73. The van der Waals surface area contributed by atoms with Crippen molar-refractivity contribution in [1.29, 1.82) is 0 Å². The maximum absolute atomic E-state index is 14.1. The summed E-state index contributed by atoms with van der Waals surface area (Å²) in [5.41, 5.74) is 1.80. The monoisotopic (exact) mass is 567 g/mol. The zero-order chi connectivity index (χ0) is 29.1. The Morgan fingerprint density at radius 2 is 1.55 bits per heavy atom. The normalized spacial score (nSPS) is 12.0. The van der Waals surface area contributed by atoms with Crippen LogP contribution in [-0.2, 0) is 32.6 Å². The van der Waals surface area contributed by atoms with Gasteiger partial charge in [-0.05, 0) is 60.7 Å². The molecule has 0 aliphatic rings. The third-order valence-corrected chi connectivity index (χ3v) is 8.51. The topological polar surface area (TPSA) is 86.8 Å². The molecule has 214 valence electrons. The lowest BCUT2D eigenvalue weighted by Gasteiger charge is -2.33. The van der Waals surface area contributed by atoms with Gasteiger partial charge in [0.15, 0.2) is 0 Å². The van der Waals surface area contributed by atoms with Gasteiger partial charge in [0.25, 0.3) is 10.0 Å². The van der Waals surface area contributed by atoms with Gasteiger partial charge in [0.05, 0.1) is 10.6 Å². The number of unbranched alkanes of at least 4 members (excludes halogenated alkanes) is 1. The molecule has 3 aromatic rings. The van der Waals surface area contributed by atoms with Crippen molar-refractivity contribution in [2.45, 2.75) is 63.9 Å². The molecule has 0 aliphatic carbocycles. The average molecular weight is 568 g/mol. The maximum Gasteiger partial charge on any atom is 0.264 e. The van der Waals surface area contributed by atoms with E-state index in [4.69, 9.17) is 0 Å². The van der Waals surface area contributed by atoms with Crippen molar-refractivity contribution in [3.63, 3.8) is 0 Å². The van der Waals surface area contributed by atoms with E-state index < -0.39 is 34.3 Å². The Balaban J connectivity index is 2.05. The highest BCUT2D eigenvalue weighted by molar-refractivity contribution is 7.92. The number of nitrogens with zero attached hydrogens (tertiary/aromatic N) is 2. The van der Waals surface area contributed by atoms with Crippen molar-refractivity contribution >= 4 is 27.5 Å². The minimum Gasteiger partial charge on any atom is -0.354 e. The molecule has 0 heterocycles. The Bertz CT molecular complexity index is 1360. The molecule has 0 unspecified atom stereocenters. The summed E-state index contributed by atoms with van der Waals surface area (Å²) < 4.78 is 42.6. The molecule has 0 radical (unpaired) electrons. The van der Waals surface area contributed by atoms with Gasteiger partial charge in [0.2, 0.25) is 11.8 Å². The van der Waals surface area contributed by atoms with Crippen LogP contribution in [0, 0.1) is 5.82 Å². The number of rotatable bonds is 14. The van der Waals surface area contributed by atoms with Crippen LogP contribution in [0.15, 0.2) is 83.8 Å². The minimum atomic E-state index is -4.13. The van der Waals surface area contributed by atoms with E-state index in [2.05, 4.69) is 5.32 Å². The maximum atomic E-state index is 14.1. The minimum absolute atomic E-state index is 0.0213. The fourth-order valence-electron chi connectivity index (χ4n) is 4.50. The van der Waals surface area contributed by atoms with Crippen molar-refractivity contribution in [1.82, 2.24) is 10.2 Å². The Labute approximate surface area is 237 Å². The first kappa shape index (κ1) is 30.8. The number of nitrogens with one attached hydrogen (secondary N) is 1. The molecular formula is C31H38FN3O4S. The second kappa shape index (κ2) is 14.6. The van der Waals surface area contributed by atoms with Crippen molar-refractivity contribution in [3.8, 4) is 0 Å². The average Bonchev–Trinajstić information content (AvgIpc) is 2.97. The number of anilines is 1. The molecule has 0 saturated carbocycles. The van der Waals surface area contributed by atoms with Crippen molar-refractivity contribution < 1.29 is 22.4 Å². The number of halogens is 1. The highest BCUT2D eigenvalue weighted by Gasteiger charge is 2.34. The number of sulfonamides is 1. The molecule has 40 heavy (non-hydrogen) atoms. The van der Waals surface area contributed by atoms with E-state index in [0.29, 0.717) is 30.6 Å². The van der Waals surface area contributed by atoms with Gasteiger partial charge in [-0.15, -0.1) is 0 Å². The molecule has 0 fully saturated rings. The first-order valence-electron chi connectivity index (χ1n) is 13.7. The van der Waals surface area contributed by atoms with Crippen molar-refractivity contribution in [2.24, 2.45) is 0 Å². The summed E-state index contributed by atoms with van der Waals surface area (Å²) in [7, 11) is -4.13. The fraction of sp³-hybridized carbons (Fsp3) is 0.355. The molecule has 0 spiro atoms. The molecule has 3 rings (SSSR count). The lowest BCUT2D eigenvalue weighted by Crippen LogP contribution is -2.52. The van der Waals surface area contributed by atoms with Gasteiger partial charge in [0.1, 0.15) is 18.4 Å². The molecule has 0 aliphatic heterocycles. The number of hydrogen-bond acceptors (Lipinski definition) is 4. The van der Waals surface area contributed by atoms with Crippen LogP contribution in [0.1, 0.15) is 51.2 Å². The largest absolute Gasteiger partial charge is 0.354 e. The molecular weight excluding hydrogens is 529 g/mol. The van der Waals surface area contributed by atoms with Crippen LogP contribution >= 0.6 is 0 Å². The summed E-state index contributed by atoms with van der Waals surface area (Å²) in [5.74, 6) is -1.26. The Morgan fingerprint density at radius 1 is 0.900 bits per heavy atom. The van der Waals surface area contributed by atoms with Crippen molar-refractivity contribution in [3.05, 3.63) is 95.8 Å². The highest BCUT2D eigenvalue weighted by Crippen LogP contribution is 2.28. The summed E-state index contributed by atoms with van der Waals surface area (Å²) >= 11 is 0. The van der Waals surface area contributed by atoms with Gasteiger partial charge in [-0.25, -0.2) is 12.8 Å². The predicted molar refractivity (Wildman–Crippen MR) is 156 cm³/mol. The van der Waals surface area contributed by atoms with Gasteiger partial charge in [-0.1, -0.05) is 75.7 Å². The third kappa shape index (κ3) is 7.69. The second-order valence-corrected chi connectivity index (χ2v) is 11.4. The first-order chi connectivity index (χ1) is 19.2. The SMILES string of the molecule is CCCCNC(=O)[C@@H](CC)N(Cc1ccc(F)cc1)C(=O)CN(c1ccccc1CC)S(=O)(=O)c1ccccc1. The number of carbonyl (C=O) groups excluding carboxylic acids is 2. The van der Waals surface area contributed by atoms with Gasteiger partial charge in [0, 0.05) is 13.1 Å². The Kier molecular flexibility index (Phi) is 11.3. The van der Waals surface area contributed by atoms with E-state index in [0.717, 1.165) is 22.7 Å². The zero-order valence-electron chi connectivity index (χ0n) is 23.3. The third-order valence-electron chi connectivity index (χ3n) is 6.73. The van der Waals surface area contributed by atoms with Crippen LogP contribution < -0.4 is 9.62 Å². The highest BCUT2D eigenvalue weighted by atomic mass is 32.2. The molecule has 9 heteroatoms. The van der Waals surface area contributed by atoms with E-state index in [1.165, 1.54) is 29.2 Å². The summed E-state index contributed by atoms with van der Waals surface area (Å²) in [5, 5.41) is 2.90. The molecule has 3 aromatic carbocycles. The number of aryl methyl sites for hydroxylation is 1. The first-order valence-corrected chi connectivity index (χ1v) is 15.1. The van der Waals surface area contributed by atoms with Gasteiger partial charge < -0.3 is 10.2 Å². The lowest BCUT2D eigenvalue weighted by atomic mass is 10.1. The summed E-state index contributed by atoms with van der Waals surface area (Å²) in [6, 6.07) is 19.9. The quantitative estimate of drug-likeness (QED) is 0.268. The van der Waals surface area contributed by atoms with E-state index in [1.54, 1.807) is 49.4 Å². The van der Waals surface area contributed by atoms with Crippen LogP contribution in [0.4, 0.5) is 10.1 Å². The van der Waals surface area contributed by atoms with Crippen LogP contribution in [0.25, 0.3) is 0 Å². The van der Waals surface area contributed by atoms with Crippen molar-refractivity contribution in [2.75, 3.05) is 17.4 Å². The standard InChI is InChI=1S/C31H38FN3O4S/c1-4-7-21-33-31(37)28(6-3)34(22-24-17-19-26(32)20-18-24)30(36)23-35(29-16-12-11-13-25(29)5-2)40(38,39)27-14-9-8-10-15-27/h8-20,28H,4-7,21-23H2,1-3H3,(H,33,37)/t28-/m1/s1. The molecule has 2 amide bonds. The number of hydrogen-bond donors (Lipinski definition) is 1. The number of benzene rings is 3. The van der Waals surface area contributed by atoms with Gasteiger partial charge >= 0.3 is 0 Å². The number of para-hydroxylation sites is 1. The summed E-state index contributed by atoms with van der Waals surface area (Å²) in [6.07, 6.45) is 2.58. The Hall–Kier alpha value is -3.72. The van der Waals surface area contributed by atoms with E-state index >= 15 is 0 Å². The number of amides is 2. The van der Waals surface area contributed by atoms with E-state index in [9.17, 15) is 22.4 Å². The molecule has 0 saturated heterocycles. The van der Waals surface area contributed by atoms with Crippen LogP contribution in [0.2, 0.25) is 0 Å². The van der Waals surface area contributed by atoms with Crippen LogP contribution in [-0.4, -0.2) is 44.3 Å². The van der Waals surface area contributed by atoms with Crippen LogP contribution in [0.3, 0.4) is 0 Å². The van der Waals surface area contributed by atoms with Gasteiger partial charge in [-0.2, -0.15) is 0 Å². The van der Waals surface area contributed by atoms with E-state index in [1.807, 2.05) is 26.0 Å².